The fourth-order valence-electron chi connectivity index (χ4n) is 2.57. The van der Waals surface area contributed by atoms with Crippen molar-refractivity contribution in [2.45, 2.75) is 37.6 Å². The number of amides is 1. The van der Waals surface area contributed by atoms with E-state index in [0.29, 0.717) is 19.1 Å². The van der Waals surface area contributed by atoms with Gasteiger partial charge in [0, 0.05) is 32.1 Å². The maximum Gasteiger partial charge on any atom is 0.223 e. The van der Waals surface area contributed by atoms with E-state index in [1.807, 2.05) is 6.92 Å². The van der Waals surface area contributed by atoms with E-state index < -0.39 is 9.84 Å². The molecule has 0 aromatic heterocycles. The predicted octanol–water partition coefficient (Wildman–Crippen LogP) is 1.37. The van der Waals surface area contributed by atoms with Crippen LogP contribution in [0.2, 0.25) is 0 Å². The van der Waals surface area contributed by atoms with Gasteiger partial charge in [-0.15, -0.1) is 0 Å². The van der Waals surface area contributed by atoms with E-state index >= 15 is 0 Å². The lowest BCUT2D eigenvalue weighted by Crippen LogP contribution is -2.52. The van der Waals surface area contributed by atoms with Crippen LogP contribution in [0.25, 0.3) is 0 Å². The standard InChI is InChI=1S/C16H24N2O3S/c1-3-14-12-18(10-9-17-14)16(19)8-11-22(20,21)15-6-4-13(2)5-7-15/h4-7,14,17H,3,8-12H2,1-2H3/t14-/m1/s1. The second-order valence-electron chi connectivity index (χ2n) is 5.78. The van der Waals surface area contributed by atoms with Crippen LogP contribution in [0.5, 0.6) is 0 Å². The molecule has 1 aliphatic heterocycles. The number of nitrogens with zero attached hydrogens (tertiary/aromatic N) is 1. The minimum absolute atomic E-state index is 0.0483. The topological polar surface area (TPSA) is 66.5 Å². The summed E-state index contributed by atoms with van der Waals surface area (Å²) in [5.41, 5.74) is 1.02. The summed E-state index contributed by atoms with van der Waals surface area (Å²) < 4.78 is 24.5. The van der Waals surface area contributed by atoms with Gasteiger partial charge in [0.1, 0.15) is 0 Å². The average molecular weight is 324 g/mol. The van der Waals surface area contributed by atoms with Gasteiger partial charge in [0.05, 0.1) is 10.6 Å². The summed E-state index contributed by atoms with van der Waals surface area (Å²) >= 11 is 0. The van der Waals surface area contributed by atoms with Gasteiger partial charge in [-0.3, -0.25) is 4.79 Å². The van der Waals surface area contributed by atoms with Gasteiger partial charge in [0.25, 0.3) is 0 Å². The molecule has 5 nitrogen and oxygen atoms in total. The largest absolute Gasteiger partial charge is 0.340 e. The van der Waals surface area contributed by atoms with E-state index in [1.165, 1.54) is 0 Å². The monoisotopic (exact) mass is 324 g/mol. The quantitative estimate of drug-likeness (QED) is 0.888. The Balaban J connectivity index is 1.94. The third-order valence-electron chi connectivity index (χ3n) is 4.07. The molecule has 1 aliphatic rings. The fourth-order valence-corrected chi connectivity index (χ4v) is 3.80. The number of hydrogen-bond acceptors (Lipinski definition) is 4. The fraction of sp³-hybridized carbons (Fsp3) is 0.562. The van der Waals surface area contributed by atoms with Crippen molar-refractivity contribution in [1.29, 1.82) is 0 Å². The van der Waals surface area contributed by atoms with E-state index in [-0.39, 0.29) is 23.0 Å². The molecular formula is C16H24N2O3S. The van der Waals surface area contributed by atoms with Gasteiger partial charge >= 0.3 is 0 Å². The van der Waals surface area contributed by atoms with Gasteiger partial charge in [-0.2, -0.15) is 0 Å². The Morgan fingerprint density at radius 2 is 2.00 bits per heavy atom. The van der Waals surface area contributed by atoms with Crippen LogP contribution >= 0.6 is 0 Å². The van der Waals surface area contributed by atoms with Crippen molar-refractivity contribution in [3.8, 4) is 0 Å². The molecule has 2 rings (SSSR count). The molecule has 1 N–H and O–H groups in total. The third-order valence-corrected chi connectivity index (χ3v) is 5.80. The minimum atomic E-state index is -3.39. The van der Waals surface area contributed by atoms with Crippen molar-refractivity contribution in [3.63, 3.8) is 0 Å². The summed E-state index contributed by atoms with van der Waals surface area (Å²) in [4.78, 5) is 14.3. The summed E-state index contributed by atoms with van der Waals surface area (Å²) in [7, 11) is -3.39. The van der Waals surface area contributed by atoms with Crippen LogP contribution in [0.15, 0.2) is 29.2 Å². The lowest BCUT2D eigenvalue weighted by molar-refractivity contribution is -0.131. The summed E-state index contributed by atoms with van der Waals surface area (Å²) in [5.74, 6) is -0.203. The summed E-state index contributed by atoms with van der Waals surface area (Å²) in [6, 6.07) is 7.07. The molecule has 1 atom stereocenters. The number of hydrogen-bond donors (Lipinski definition) is 1. The first-order valence-electron chi connectivity index (χ1n) is 7.73. The Hall–Kier alpha value is -1.40. The second-order valence-corrected chi connectivity index (χ2v) is 7.89. The molecule has 6 heteroatoms. The van der Waals surface area contributed by atoms with Crippen LogP contribution in [0.4, 0.5) is 0 Å². The van der Waals surface area contributed by atoms with Gasteiger partial charge in [-0.1, -0.05) is 24.6 Å². The molecule has 0 spiro atoms. The highest BCUT2D eigenvalue weighted by molar-refractivity contribution is 7.91. The van der Waals surface area contributed by atoms with Crippen LogP contribution in [0, 0.1) is 6.92 Å². The number of nitrogens with one attached hydrogen (secondary N) is 1. The molecule has 1 saturated heterocycles. The van der Waals surface area contributed by atoms with Crippen LogP contribution in [-0.4, -0.2) is 50.7 Å². The number of benzene rings is 1. The Kier molecular flexibility index (Phi) is 5.58. The molecule has 1 fully saturated rings. The summed E-state index contributed by atoms with van der Waals surface area (Å²) in [6.07, 6.45) is 1.01. The molecule has 1 heterocycles. The van der Waals surface area contributed by atoms with Crippen molar-refractivity contribution in [2.75, 3.05) is 25.4 Å². The number of carbonyl (C=O) groups is 1. The van der Waals surface area contributed by atoms with Crippen molar-refractivity contribution in [1.82, 2.24) is 10.2 Å². The molecule has 0 unspecified atom stereocenters. The van der Waals surface area contributed by atoms with Gasteiger partial charge < -0.3 is 10.2 Å². The predicted molar refractivity (Wildman–Crippen MR) is 86.5 cm³/mol. The first-order chi connectivity index (χ1) is 10.4. The first-order valence-corrected chi connectivity index (χ1v) is 9.38. The maximum absolute atomic E-state index is 12.3. The molecule has 0 bridgehead atoms. The zero-order valence-corrected chi connectivity index (χ0v) is 14.0. The number of sulfone groups is 1. The maximum atomic E-state index is 12.3. The van der Waals surface area contributed by atoms with Crippen LogP contribution < -0.4 is 5.32 Å². The highest BCUT2D eigenvalue weighted by Crippen LogP contribution is 2.14. The van der Waals surface area contributed by atoms with Gasteiger partial charge in [0.15, 0.2) is 9.84 Å². The Labute approximate surface area is 132 Å². The molecule has 1 amide bonds. The van der Waals surface area contributed by atoms with E-state index in [4.69, 9.17) is 0 Å². The third kappa shape index (κ3) is 4.30. The van der Waals surface area contributed by atoms with E-state index in [9.17, 15) is 13.2 Å². The molecule has 0 radical (unpaired) electrons. The minimum Gasteiger partial charge on any atom is -0.340 e. The lowest BCUT2D eigenvalue weighted by atomic mass is 10.1. The van der Waals surface area contributed by atoms with Gasteiger partial charge in [-0.25, -0.2) is 8.42 Å². The molecule has 1 aromatic rings. The van der Waals surface area contributed by atoms with E-state index in [0.717, 1.165) is 18.5 Å². The van der Waals surface area contributed by atoms with E-state index in [1.54, 1.807) is 29.2 Å². The lowest BCUT2D eigenvalue weighted by Gasteiger charge is -2.33. The second kappa shape index (κ2) is 7.24. The first kappa shape index (κ1) is 17.0. The normalized spacial score (nSPS) is 19.2. The molecule has 0 aliphatic carbocycles. The smallest absolute Gasteiger partial charge is 0.223 e. The number of aryl methyl sites for hydroxylation is 1. The molecule has 0 saturated carbocycles. The molecule has 1 aromatic carbocycles. The SMILES string of the molecule is CC[C@@H]1CN(C(=O)CCS(=O)(=O)c2ccc(C)cc2)CCN1. The Morgan fingerprint density at radius 1 is 1.32 bits per heavy atom. The zero-order valence-electron chi connectivity index (χ0n) is 13.2. The van der Waals surface area contributed by atoms with Gasteiger partial charge in [0.2, 0.25) is 5.91 Å². The Bertz CT molecular complexity index is 611. The van der Waals surface area contributed by atoms with Crippen molar-refractivity contribution >= 4 is 15.7 Å². The van der Waals surface area contributed by atoms with Crippen LogP contribution in [0.1, 0.15) is 25.3 Å². The number of carbonyl (C=O) groups excluding carboxylic acids is 1. The molecular weight excluding hydrogens is 300 g/mol. The highest BCUT2D eigenvalue weighted by atomic mass is 32.2. The van der Waals surface area contributed by atoms with E-state index in [2.05, 4.69) is 12.2 Å². The van der Waals surface area contributed by atoms with Crippen LogP contribution in [0.3, 0.4) is 0 Å². The average Bonchev–Trinajstić information content (AvgIpc) is 2.53. The Morgan fingerprint density at radius 3 is 2.64 bits per heavy atom. The number of rotatable bonds is 5. The van der Waals surface area contributed by atoms with Crippen molar-refractivity contribution in [2.24, 2.45) is 0 Å². The highest BCUT2D eigenvalue weighted by Gasteiger charge is 2.24. The number of piperazine rings is 1. The zero-order chi connectivity index (χ0) is 16.2. The van der Waals surface area contributed by atoms with Gasteiger partial charge in [-0.05, 0) is 25.5 Å². The van der Waals surface area contributed by atoms with Crippen molar-refractivity contribution < 1.29 is 13.2 Å². The molecule has 22 heavy (non-hydrogen) atoms. The van der Waals surface area contributed by atoms with Crippen LogP contribution in [-0.2, 0) is 14.6 Å². The van der Waals surface area contributed by atoms with Crippen molar-refractivity contribution in [3.05, 3.63) is 29.8 Å². The summed E-state index contributed by atoms with van der Waals surface area (Å²) in [5, 5.41) is 3.34. The summed E-state index contributed by atoms with van der Waals surface area (Å²) in [6.45, 7) is 6.08. The molecule has 122 valence electrons.